The Balaban J connectivity index is 1.52. The van der Waals surface area contributed by atoms with Gasteiger partial charge in [-0.2, -0.15) is 4.31 Å². The molecule has 0 spiro atoms. The molecular formula is C18H21ClFN2O3S+. The molecule has 1 heterocycles. The Morgan fingerprint density at radius 3 is 2.46 bits per heavy atom. The SMILES string of the molecule is O=S(=O)(c1ccc(F)c(Cl)c1)N1CC[NH+](CCOc2ccccc2)CC1. The Morgan fingerprint density at radius 2 is 1.81 bits per heavy atom. The predicted octanol–water partition coefficient (Wildman–Crippen LogP) is 1.45. The zero-order valence-corrected chi connectivity index (χ0v) is 15.8. The van der Waals surface area contributed by atoms with Crippen LogP contribution in [0.1, 0.15) is 0 Å². The number of ether oxygens (including phenoxy) is 1. The fourth-order valence-corrected chi connectivity index (χ4v) is 4.62. The minimum Gasteiger partial charge on any atom is -0.488 e. The molecule has 1 aliphatic rings. The molecule has 1 N–H and O–H groups in total. The van der Waals surface area contributed by atoms with Crippen LogP contribution in [0.2, 0.25) is 5.02 Å². The Morgan fingerprint density at radius 1 is 1.12 bits per heavy atom. The van der Waals surface area contributed by atoms with Crippen LogP contribution in [0, 0.1) is 5.82 Å². The maximum atomic E-state index is 13.3. The molecule has 26 heavy (non-hydrogen) atoms. The molecule has 2 aromatic rings. The van der Waals surface area contributed by atoms with E-state index in [1.807, 2.05) is 30.3 Å². The van der Waals surface area contributed by atoms with Gasteiger partial charge < -0.3 is 9.64 Å². The van der Waals surface area contributed by atoms with Gasteiger partial charge in [-0.1, -0.05) is 29.8 Å². The second-order valence-corrected chi connectivity index (χ2v) is 8.49. The number of hydrogen-bond donors (Lipinski definition) is 1. The van der Waals surface area contributed by atoms with Crippen molar-refractivity contribution in [1.29, 1.82) is 0 Å². The molecule has 5 nitrogen and oxygen atoms in total. The van der Waals surface area contributed by atoms with Gasteiger partial charge in [0.2, 0.25) is 10.0 Å². The van der Waals surface area contributed by atoms with Gasteiger partial charge in [0.25, 0.3) is 0 Å². The monoisotopic (exact) mass is 399 g/mol. The van der Waals surface area contributed by atoms with Crippen LogP contribution in [0.3, 0.4) is 0 Å². The van der Waals surface area contributed by atoms with Crippen LogP contribution in [0.5, 0.6) is 5.75 Å². The van der Waals surface area contributed by atoms with Crippen LogP contribution < -0.4 is 9.64 Å². The van der Waals surface area contributed by atoms with Crippen molar-refractivity contribution in [2.45, 2.75) is 4.90 Å². The molecule has 0 aromatic heterocycles. The van der Waals surface area contributed by atoms with Crippen LogP contribution in [-0.4, -0.2) is 52.1 Å². The maximum Gasteiger partial charge on any atom is 0.243 e. The van der Waals surface area contributed by atoms with E-state index in [2.05, 4.69) is 0 Å². The average molecular weight is 400 g/mol. The molecular weight excluding hydrogens is 379 g/mol. The molecule has 0 atom stereocenters. The lowest BCUT2D eigenvalue weighted by molar-refractivity contribution is -0.903. The minimum atomic E-state index is -3.65. The van der Waals surface area contributed by atoms with E-state index < -0.39 is 15.8 Å². The van der Waals surface area contributed by atoms with E-state index in [1.165, 1.54) is 21.3 Å². The first-order valence-corrected chi connectivity index (χ1v) is 10.3. The number of piperazine rings is 1. The molecule has 1 fully saturated rings. The molecule has 0 saturated carbocycles. The van der Waals surface area contributed by atoms with Crippen molar-refractivity contribution in [1.82, 2.24) is 4.31 Å². The number of hydrogen-bond acceptors (Lipinski definition) is 3. The summed E-state index contributed by atoms with van der Waals surface area (Å²) in [5.74, 6) is 0.208. The Bertz CT molecular complexity index is 841. The molecule has 0 unspecified atom stereocenters. The molecule has 0 bridgehead atoms. The average Bonchev–Trinajstić information content (AvgIpc) is 2.65. The second kappa shape index (κ2) is 8.35. The summed E-state index contributed by atoms with van der Waals surface area (Å²) in [6.07, 6.45) is 0. The standard InChI is InChI=1S/C18H20ClFN2O3S/c19-17-14-16(6-7-18(17)20)26(23,24)22-10-8-21(9-11-22)12-13-25-15-4-2-1-3-5-15/h1-7,14H,8-13H2/p+1. The third-order valence-corrected chi connectivity index (χ3v) is 6.61. The molecule has 0 amide bonds. The number of benzene rings is 2. The third kappa shape index (κ3) is 4.54. The molecule has 1 aliphatic heterocycles. The number of rotatable bonds is 6. The lowest BCUT2D eigenvalue weighted by atomic mass is 10.3. The van der Waals surface area contributed by atoms with E-state index in [0.29, 0.717) is 32.8 Å². The first-order valence-electron chi connectivity index (χ1n) is 8.43. The van der Waals surface area contributed by atoms with Gasteiger partial charge in [0.15, 0.2) is 0 Å². The van der Waals surface area contributed by atoms with Crippen LogP contribution in [0.25, 0.3) is 0 Å². The highest BCUT2D eigenvalue weighted by Gasteiger charge is 2.30. The molecule has 140 valence electrons. The van der Waals surface area contributed by atoms with Crippen molar-refractivity contribution in [3.63, 3.8) is 0 Å². The molecule has 8 heteroatoms. The van der Waals surface area contributed by atoms with Crippen LogP contribution in [0.4, 0.5) is 4.39 Å². The van der Waals surface area contributed by atoms with E-state index in [9.17, 15) is 12.8 Å². The number of nitrogens with zero attached hydrogens (tertiary/aromatic N) is 1. The molecule has 3 rings (SSSR count). The van der Waals surface area contributed by atoms with Gasteiger partial charge in [-0.15, -0.1) is 0 Å². The fraction of sp³-hybridized carbons (Fsp3) is 0.333. The maximum absolute atomic E-state index is 13.3. The topological polar surface area (TPSA) is 51.0 Å². The van der Waals surface area contributed by atoms with Gasteiger partial charge in [0.1, 0.15) is 24.7 Å². The lowest BCUT2D eigenvalue weighted by Gasteiger charge is -2.31. The highest BCUT2D eigenvalue weighted by molar-refractivity contribution is 7.89. The van der Waals surface area contributed by atoms with Gasteiger partial charge in [0, 0.05) is 0 Å². The Labute approximate surface area is 158 Å². The number of quaternary nitrogens is 1. The van der Waals surface area contributed by atoms with E-state index in [4.69, 9.17) is 16.3 Å². The molecule has 2 aromatic carbocycles. The van der Waals surface area contributed by atoms with Crippen molar-refractivity contribution >= 4 is 21.6 Å². The second-order valence-electron chi connectivity index (χ2n) is 6.14. The number of nitrogens with one attached hydrogen (secondary N) is 1. The fourth-order valence-electron chi connectivity index (χ4n) is 2.91. The molecule has 0 radical (unpaired) electrons. The normalized spacial score (nSPS) is 16.5. The summed E-state index contributed by atoms with van der Waals surface area (Å²) in [6, 6.07) is 13.1. The summed E-state index contributed by atoms with van der Waals surface area (Å²) in [7, 11) is -3.65. The highest BCUT2D eigenvalue weighted by atomic mass is 35.5. The highest BCUT2D eigenvalue weighted by Crippen LogP contribution is 2.22. The summed E-state index contributed by atoms with van der Waals surface area (Å²) >= 11 is 5.71. The van der Waals surface area contributed by atoms with Crippen molar-refractivity contribution in [3.8, 4) is 5.75 Å². The largest absolute Gasteiger partial charge is 0.488 e. The van der Waals surface area contributed by atoms with E-state index in [0.717, 1.165) is 18.4 Å². The lowest BCUT2D eigenvalue weighted by Crippen LogP contribution is -3.15. The minimum absolute atomic E-state index is 0.0276. The first-order chi connectivity index (χ1) is 12.5. The summed E-state index contributed by atoms with van der Waals surface area (Å²) in [4.78, 5) is 1.32. The quantitative estimate of drug-likeness (QED) is 0.799. The zero-order valence-electron chi connectivity index (χ0n) is 14.2. The summed E-state index contributed by atoms with van der Waals surface area (Å²) in [5, 5.41) is -0.187. The van der Waals surface area contributed by atoms with Gasteiger partial charge >= 0.3 is 0 Å². The van der Waals surface area contributed by atoms with Crippen molar-refractivity contribution < 1.29 is 22.4 Å². The van der Waals surface area contributed by atoms with Crippen molar-refractivity contribution in [3.05, 3.63) is 59.4 Å². The van der Waals surface area contributed by atoms with Crippen molar-refractivity contribution in [2.75, 3.05) is 39.3 Å². The summed E-state index contributed by atoms with van der Waals surface area (Å²) in [6.45, 7) is 3.62. The van der Waals surface area contributed by atoms with Crippen LogP contribution in [-0.2, 0) is 10.0 Å². The molecule has 0 aliphatic carbocycles. The number of sulfonamides is 1. The van der Waals surface area contributed by atoms with E-state index >= 15 is 0 Å². The Kier molecular flexibility index (Phi) is 6.13. The van der Waals surface area contributed by atoms with Crippen LogP contribution in [0.15, 0.2) is 53.4 Å². The molecule has 1 saturated heterocycles. The first kappa shape index (κ1) is 19.1. The van der Waals surface area contributed by atoms with Gasteiger partial charge in [-0.3, -0.25) is 0 Å². The van der Waals surface area contributed by atoms with E-state index in [1.54, 1.807) is 0 Å². The summed E-state index contributed by atoms with van der Waals surface area (Å²) < 4.78 is 45.7. The summed E-state index contributed by atoms with van der Waals surface area (Å²) in [5.41, 5.74) is 0. The number of halogens is 2. The Hall–Kier alpha value is -1.67. The van der Waals surface area contributed by atoms with E-state index in [-0.39, 0.29) is 9.92 Å². The van der Waals surface area contributed by atoms with Crippen molar-refractivity contribution in [2.24, 2.45) is 0 Å². The van der Waals surface area contributed by atoms with Gasteiger partial charge in [0.05, 0.1) is 36.1 Å². The third-order valence-electron chi connectivity index (χ3n) is 4.43. The van der Waals surface area contributed by atoms with Gasteiger partial charge in [-0.05, 0) is 30.3 Å². The zero-order chi connectivity index (χ0) is 18.6. The van der Waals surface area contributed by atoms with Gasteiger partial charge in [-0.25, -0.2) is 12.8 Å². The predicted molar refractivity (Wildman–Crippen MR) is 97.7 cm³/mol. The smallest absolute Gasteiger partial charge is 0.243 e. The van der Waals surface area contributed by atoms with Crippen LogP contribution >= 0.6 is 11.6 Å². The number of para-hydroxylation sites is 1.